The molecular formula is C17H24N2O. The number of likely N-dealkylation sites (N-methyl/N-ethyl adjacent to an activating group) is 1. The van der Waals surface area contributed by atoms with Gasteiger partial charge < -0.3 is 15.4 Å². The van der Waals surface area contributed by atoms with Crippen molar-refractivity contribution in [2.75, 3.05) is 20.7 Å². The van der Waals surface area contributed by atoms with Gasteiger partial charge in [0, 0.05) is 17.5 Å². The van der Waals surface area contributed by atoms with Gasteiger partial charge in [0.25, 0.3) is 0 Å². The Balaban J connectivity index is 2.32. The Morgan fingerprint density at radius 3 is 2.30 bits per heavy atom. The van der Waals surface area contributed by atoms with Crippen molar-refractivity contribution >= 4 is 10.8 Å². The summed E-state index contributed by atoms with van der Waals surface area (Å²) in [4.78, 5) is 2.17. The first-order valence-corrected chi connectivity index (χ1v) is 6.96. The molecule has 0 spiro atoms. The quantitative estimate of drug-likeness (QED) is 0.909. The van der Waals surface area contributed by atoms with Crippen LogP contribution in [-0.2, 0) is 6.54 Å². The van der Waals surface area contributed by atoms with Gasteiger partial charge in [-0.05, 0) is 45.0 Å². The molecular weight excluding hydrogens is 248 g/mol. The SMILES string of the molecule is CN(C)C(C)(C)COc1ccc(CN)c2ccccc12. The molecule has 0 unspecified atom stereocenters. The summed E-state index contributed by atoms with van der Waals surface area (Å²) < 4.78 is 6.06. The Morgan fingerprint density at radius 2 is 1.70 bits per heavy atom. The molecule has 0 bridgehead atoms. The Labute approximate surface area is 121 Å². The lowest BCUT2D eigenvalue weighted by molar-refractivity contribution is 0.115. The van der Waals surface area contributed by atoms with Crippen LogP contribution in [0.1, 0.15) is 19.4 Å². The molecule has 2 aromatic rings. The van der Waals surface area contributed by atoms with Crippen LogP contribution in [0.25, 0.3) is 10.8 Å². The van der Waals surface area contributed by atoms with E-state index in [0.717, 1.165) is 16.7 Å². The normalized spacial score (nSPS) is 12.1. The van der Waals surface area contributed by atoms with Crippen molar-refractivity contribution in [1.82, 2.24) is 4.90 Å². The van der Waals surface area contributed by atoms with Crippen LogP contribution in [0, 0.1) is 0 Å². The zero-order valence-corrected chi connectivity index (χ0v) is 12.8. The topological polar surface area (TPSA) is 38.5 Å². The van der Waals surface area contributed by atoms with Crippen molar-refractivity contribution in [3.8, 4) is 5.75 Å². The molecule has 0 saturated heterocycles. The van der Waals surface area contributed by atoms with E-state index in [2.05, 4.69) is 51.0 Å². The van der Waals surface area contributed by atoms with Crippen LogP contribution in [0.15, 0.2) is 36.4 Å². The summed E-state index contributed by atoms with van der Waals surface area (Å²) in [7, 11) is 4.14. The molecule has 2 rings (SSSR count). The summed E-state index contributed by atoms with van der Waals surface area (Å²) in [6.45, 7) is 5.53. The molecule has 0 amide bonds. The number of nitrogens with two attached hydrogens (primary N) is 1. The number of hydrogen-bond acceptors (Lipinski definition) is 3. The molecule has 0 atom stereocenters. The highest BCUT2D eigenvalue weighted by Gasteiger charge is 2.21. The summed E-state index contributed by atoms with van der Waals surface area (Å²) in [5, 5.41) is 2.31. The van der Waals surface area contributed by atoms with Crippen LogP contribution in [0.2, 0.25) is 0 Å². The van der Waals surface area contributed by atoms with E-state index in [1.807, 2.05) is 18.2 Å². The summed E-state index contributed by atoms with van der Waals surface area (Å²) >= 11 is 0. The van der Waals surface area contributed by atoms with Crippen molar-refractivity contribution in [2.45, 2.75) is 25.9 Å². The Morgan fingerprint density at radius 1 is 1.05 bits per heavy atom. The summed E-state index contributed by atoms with van der Waals surface area (Å²) in [6.07, 6.45) is 0. The third kappa shape index (κ3) is 2.94. The van der Waals surface area contributed by atoms with E-state index >= 15 is 0 Å². The molecule has 0 heterocycles. The molecule has 108 valence electrons. The molecule has 0 aliphatic rings. The fraction of sp³-hybridized carbons (Fsp3) is 0.412. The standard InChI is InChI=1S/C17H24N2O/c1-17(2,19(3)4)12-20-16-10-9-13(11-18)14-7-5-6-8-15(14)16/h5-10H,11-12,18H2,1-4H3. The molecule has 0 aromatic heterocycles. The van der Waals surface area contributed by atoms with Crippen molar-refractivity contribution < 1.29 is 4.74 Å². The van der Waals surface area contributed by atoms with Gasteiger partial charge in [0.05, 0.1) is 0 Å². The van der Waals surface area contributed by atoms with Gasteiger partial charge in [0.1, 0.15) is 12.4 Å². The molecule has 20 heavy (non-hydrogen) atoms. The average molecular weight is 272 g/mol. The minimum atomic E-state index is -0.00631. The van der Waals surface area contributed by atoms with Crippen molar-refractivity contribution in [3.63, 3.8) is 0 Å². The van der Waals surface area contributed by atoms with E-state index < -0.39 is 0 Å². The van der Waals surface area contributed by atoms with Crippen LogP contribution >= 0.6 is 0 Å². The van der Waals surface area contributed by atoms with E-state index in [1.165, 1.54) is 5.39 Å². The summed E-state index contributed by atoms with van der Waals surface area (Å²) in [5.41, 5.74) is 6.95. The highest BCUT2D eigenvalue weighted by atomic mass is 16.5. The second-order valence-corrected chi connectivity index (χ2v) is 5.97. The van der Waals surface area contributed by atoms with Crippen molar-refractivity contribution in [2.24, 2.45) is 5.73 Å². The number of benzene rings is 2. The summed E-state index contributed by atoms with van der Waals surface area (Å²) in [6, 6.07) is 12.3. The minimum absolute atomic E-state index is 0.00631. The van der Waals surface area contributed by atoms with E-state index in [1.54, 1.807) is 0 Å². The number of ether oxygens (including phenoxy) is 1. The Bertz CT molecular complexity index is 591. The fourth-order valence-corrected chi connectivity index (χ4v) is 2.02. The second kappa shape index (κ2) is 5.81. The van der Waals surface area contributed by atoms with E-state index in [0.29, 0.717) is 13.2 Å². The first kappa shape index (κ1) is 14.8. The zero-order chi connectivity index (χ0) is 14.8. The largest absolute Gasteiger partial charge is 0.491 e. The number of fused-ring (bicyclic) bond motifs is 1. The Kier molecular flexibility index (Phi) is 4.31. The van der Waals surface area contributed by atoms with E-state index in [-0.39, 0.29) is 5.54 Å². The van der Waals surface area contributed by atoms with Gasteiger partial charge in [0.2, 0.25) is 0 Å². The van der Waals surface area contributed by atoms with Gasteiger partial charge in [-0.25, -0.2) is 0 Å². The van der Waals surface area contributed by atoms with Gasteiger partial charge in [-0.2, -0.15) is 0 Å². The lowest BCUT2D eigenvalue weighted by Gasteiger charge is -2.32. The maximum atomic E-state index is 6.06. The van der Waals surface area contributed by atoms with Crippen LogP contribution in [-0.4, -0.2) is 31.1 Å². The number of nitrogens with zero attached hydrogens (tertiary/aromatic N) is 1. The predicted molar refractivity (Wildman–Crippen MR) is 85.1 cm³/mol. The molecule has 2 N–H and O–H groups in total. The third-order valence-corrected chi connectivity index (χ3v) is 3.99. The fourth-order valence-electron chi connectivity index (χ4n) is 2.02. The lowest BCUT2D eigenvalue weighted by Crippen LogP contribution is -2.43. The van der Waals surface area contributed by atoms with Crippen molar-refractivity contribution in [1.29, 1.82) is 0 Å². The minimum Gasteiger partial charge on any atom is -0.491 e. The highest BCUT2D eigenvalue weighted by molar-refractivity contribution is 5.91. The number of hydrogen-bond donors (Lipinski definition) is 1. The molecule has 0 fully saturated rings. The molecule has 0 aliphatic carbocycles. The Hall–Kier alpha value is -1.58. The highest BCUT2D eigenvalue weighted by Crippen LogP contribution is 2.29. The molecule has 3 nitrogen and oxygen atoms in total. The molecule has 0 aliphatic heterocycles. The monoisotopic (exact) mass is 272 g/mol. The average Bonchev–Trinajstić information content (AvgIpc) is 2.44. The first-order valence-electron chi connectivity index (χ1n) is 6.96. The zero-order valence-electron chi connectivity index (χ0n) is 12.8. The predicted octanol–water partition coefficient (Wildman–Crippen LogP) is 3.02. The maximum absolute atomic E-state index is 6.06. The second-order valence-electron chi connectivity index (χ2n) is 5.97. The molecule has 3 heteroatoms. The summed E-state index contributed by atoms with van der Waals surface area (Å²) in [5.74, 6) is 0.924. The van der Waals surface area contributed by atoms with E-state index in [9.17, 15) is 0 Å². The van der Waals surface area contributed by atoms with Gasteiger partial charge >= 0.3 is 0 Å². The van der Waals surface area contributed by atoms with Crippen molar-refractivity contribution in [3.05, 3.63) is 42.0 Å². The number of rotatable bonds is 5. The third-order valence-electron chi connectivity index (χ3n) is 3.99. The van der Waals surface area contributed by atoms with Crippen LogP contribution in [0.4, 0.5) is 0 Å². The molecule has 0 saturated carbocycles. The van der Waals surface area contributed by atoms with Gasteiger partial charge in [-0.3, -0.25) is 0 Å². The maximum Gasteiger partial charge on any atom is 0.127 e. The van der Waals surface area contributed by atoms with Gasteiger partial charge in [0.15, 0.2) is 0 Å². The smallest absolute Gasteiger partial charge is 0.127 e. The van der Waals surface area contributed by atoms with E-state index in [4.69, 9.17) is 10.5 Å². The van der Waals surface area contributed by atoms with Gasteiger partial charge in [-0.1, -0.05) is 30.3 Å². The molecule has 0 radical (unpaired) electrons. The van der Waals surface area contributed by atoms with Crippen LogP contribution < -0.4 is 10.5 Å². The first-order chi connectivity index (χ1) is 9.45. The van der Waals surface area contributed by atoms with Crippen LogP contribution in [0.3, 0.4) is 0 Å². The van der Waals surface area contributed by atoms with Gasteiger partial charge in [-0.15, -0.1) is 0 Å². The van der Waals surface area contributed by atoms with Crippen LogP contribution in [0.5, 0.6) is 5.75 Å². The molecule has 2 aromatic carbocycles. The lowest BCUT2D eigenvalue weighted by atomic mass is 10.0.